The van der Waals surface area contributed by atoms with E-state index < -0.39 is 7.44 Å². The number of anilines is 1. The molecule has 1 unspecified atom stereocenters. The van der Waals surface area contributed by atoms with Crippen LogP contribution in [0.4, 0.5) is 5.69 Å². The van der Waals surface area contributed by atoms with Crippen molar-refractivity contribution in [3.8, 4) is 0 Å². The minimum Gasteiger partial charge on any atom is -0.469 e. The number of benzene rings is 2. The van der Waals surface area contributed by atoms with Crippen LogP contribution in [0.5, 0.6) is 0 Å². The summed E-state index contributed by atoms with van der Waals surface area (Å²) in [4.78, 5) is 11.4. The Morgan fingerprint density at radius 3 is 2.33 bits per heavy atom. The second-order valence-electron chi connectivity index (χ2n) is 5.60. The number of carbonyl (C=O) groups is 1. The summed E-state index contributed by atoms with van der Waals surface area (Å²) >= 11 is 0. The van der Waals surface area contributed by atoms with Gasteiger partial charge < -0.3 is 9.82 Å². The van der Waals surface area contributed by atoms with Gasteiger partial charge in [0.05, 0.1) is 13.5 Å². The van der Waals surface area contributed by atoms with E-state index in [2.05, 4.69) is 9.82 Å². The van der Waals surface area contributed by atoms with E-state index in [0.29, 0.717) is 11.8 Å². The first-order chi connectivity index (χ1) is 11.5. The largest absolute Gasteiger partial charge is 0.469 e. The fourth-order valence-corrected chi connectivity index (χ4v) is 4.43. The van der Waals surface area contributed by atoms with Crippen LogP contribution in [0.15, 0.2) is 54.6 Å². The van der Waals surface area contributed by atoms with Crippen molar-refractivity contribution in [1.82, 2.24) is 4.67 Å². The number of hydrogen-bond acceptors (Lipinski definition) is 3. The molecule has 128 valence electrons. The monoisotopic (exact) mass is 346 g/mol. The Bertz CT molecular complexity index is 717. The minimum atomic E-state index is -3.09. The summed E-state index contributed by atoms with van der Waals surface area (Å²) in [5.41, 5.74) is 1.91. The van der Waals surface area contributed by atoms with E-state index in [9.17, 15) is 9.36 Å². The van der Waals surface area contributed by atoms with Crippen molar-refractivity contribution >= 4 is 24.4 Å². The van der Waals surface area contributed by atoms with Crippen molar-refractivity contribution in [2.75, 3.05) is 25.8 Å². The van der Waals surface area contributed by atoms with E-state index in [0.717, 1.165) is 11.3 Å². The molecule has 0 aromatic heterocycles. The number of rotatable bonds is 7. The van der Waals surface area contributed by atoms with Crippen molar-refractivity contribution in [3.63, 3.8) is 0 Å². The lowest BCUT2D eigenvalue weighted by atomic mass is 10.2. The normalized spacial score (nSPS) is 13.3. The predicted molar refractivity (Wildman–Crippen MR) is 97.7 cm³/mol. The van der Waals surface area contributed by atoms with Gasteiger partial charge in [-0.05, 0) is 38.2 Å². The zero-order valence-corrected chi connectivity index (χ0v) is 15.1. The zero-order chi connectivity index (χ0) is 17.6. The van der Waals surface area contributed by atoms with Crippen LogP contribution < -0.4 is 10.4 Å². The van der Waals surface area contributed by atoms with Crippen molar-refractivity contribution < 1.29 is 14.1 Å². The quantitative estimate of drug-likeness (QED) is 0.615. The highest BCUT2D eigenvalue weighted by Crippen LogP contribution is 2.47. The Kier molecular flexibility index (Phi) is 6.18. The molecule has 2 aromatic rings. The molecule has 0 aliphatic carbocycles. The van der Waals surface area contributed by atoms with Gasteiger partial charge in [0.15, 0.2) is 0 Å². The van der Waals surface area contributed by atoms with Crippen LogP contribution in [-0.2, 0) is 14.1 Å². The third-order valence-corrected chi connectivity index (χ3v) is 6.51. The maximum atomic E-state index is 13.7. The molecule has 2 aromatic carbocycles. The lowest BCUT2D eigenvalue weighted by molar-refractivity contribution is -0.140. The van der Waals surface area contributed by atoms with Gasteiger partial charge in [0.25, 0.3) is 7.44 Å². The lowest BCUT2D eigenvalue weighted by Crippen LogP contribution is -2.29. The molecule has 1 N–H and O–H groups in total. The molecule has 0 radical (unpaired) electrons. The third-order valence-electron chi connectivity index (χ3n) is 3.79. The molecule has 2 rings (SSSR count). The number of aryl methyl sites for hydroxylation is 1. The van der Waals surface area contributed by atoms with Gasteiger partial charge in [0.1, 0.15) is 0 Å². The summed E-state index contributed by atoms with van der Waals surface area (Å²) in [6.07, 6.45) is 0.180. The molecule has 0 saturated heterocycles. The summed E-state index contributed by atoms with van der Waals surface area (Å²) in [5.74, 6) is -0.322. The summed E-state index contributed by atoms with van der Waals surface area (Å²) in [5, 5.41) is 3.86. The number of nitrogens with zero attached hydrogens (tertiary/aromatic N) is 1. The van der Waals surface area contributed by atoms with Crippen LogP contribution in [0.3, 0.4) is 0 Å². The SMILES string of the molecule is COC(=O)CCN(C)P(=O)(Nc1ccc(C)cc1)c1ccccc1. The second-order valence-corrected chi connectivity index (χ2v) is 8.17. The number of methoxy groups -OCH3 is 1. The molecule has 1 atom stereocenters. The smallest absolute Gasteiger partial charge is 0.306 e. The van der Waals surface area contributed by atoms with Crippen molar-refractivity contribution in [2.24, 2.45) is 0 Å². The van der Waals surface area contributed by atoms with E-state index in [1.54, 1.807) is 11.7 Å². The van der Waals surface area contributed by atoms with E-state index >= 15 is 0 Å². The zero-order valence-electron chi connectivity index (χ0n) is 14.2. The van der Waals surface area contributed by atoms with Crippen molar-refractivity contribution in [1.29, 1.82) is 0 Å². The Balaban J connectivity index is 2.29. The van der Waals surface area contributed by atoms with Crippen molar-refractivity contribution in [2.45, 2.75) is 13.3 Å². The molecule has 24 heavy (non-hydrogen) atoms. The summed E-state index contributed by atoms with van der Waals surface area (Å²) in [6.45, 7) is 2.33. The molecule has 5 nitrogen and oxygen atoms in total. The number of hydrogen-bond donors (Lipinski definition) is 1. The number of ether oxygens (including phenoxy) is 1. The van der Waals surface area contributed by atoms with Crippen LogP contribution in [0.1, 0.15) is 12.0 Å². The highest BCUT2D eigenvalue weighted by molar-refractivity contribution is 7.70. The van der Waals surface area contributed by atoms with E-state index in [1.165, 1.54) is 7.11 Å². The van der Waals surface area contributed by atoms with Gasteiger partial charge in [-0.3, -0.25) is 9.36 Å². The van der Waals surface area contributed by atoms with E-state index in [4.69, 9.17) is 0 Å². The average Bonchev–Trinajstić information content (AvgIpc) is 2.61. The first kappa shape index (κ1) is 18.2. The summed E-state index contributed by atoms with van der Waals surface area (Å²) in [6, 6.07) is 17.0. The van der Waals surface area contributed by atoms with Crippen LogP contribution in [-0.4, -0.2) is 31.3 Å². The Labute approximate surface area is 143 Å². The first-order valence-corrected chi connectivity index (χ1v) is 9.40. The molecule has 0 aliphatic rings. The second kappa shape index (κ2) is 8.13. The predicted octanol–water partition coefficient (Wildman–Crippen LogP) is 3.42. The van der Waals surface area contributed by atoms with Gasteiger partial charge in [-0.2, -0.15) is 0 Å². The molecule has 0 heterocycles. The molecule has 0 amide bonds. The van der Waals surface area contributed by atoms with Gasteiger partial charge in [0.2, 0.25) is 0 Å². The van der Waals surface area contributed by atoms with Gasteiger partial charge >= 0.3 is 5.97 Å². The Morgan fingerprint density at radius 2 is 1.75 bits per heavy atom. The summed E-state index contributed by atoms with van der Waals surface area (Å²) < 4.78 is 20.1. The fraction of sp³-hybridized carbons (Fsp3) is 0.278. The van der Waals surface area contributed by atoms with Crippen molar-refractivity contribution in [3.05, 3.63) is 60.2 Å². The highest BCUT2D eigenvalue weighted by Gasteiger charge is 2.30. The molecule has 0 aliphatic heterocycles. The van der Waals surface area contributed by atoms with Gasteiger partial charge in [-0.1, -0.05) is 35.9 Å². The van der Waals surface area contributed by atoms with E-state index in [-0.39, 0.29) is 12.4 Å². The van der Waals surface area contributed by atoms with Crippen LogP contribution in [0.25, 0.3) is 0 Å². The molecule has 0 saturated carbocycles. The highest BCUT2D eigenvalue weighted by atomic mass is 31.2. The number of carbonyl (C=O) groups excluding carboxylic acids is 1. The number of esters is 1. The number of nitrogens with one attached hydrogen (secondary N) is 1. The topological polar surface area (TPSA) is 58.6 Å². The third kappa shape index (κ3) is 4.47. The first-order valence-electron chi connectivity index (χ1n) is 7.75. The molecule has 0 fully saturated rings. The molecule has 0 spiro atoms. The Morgan fingerprint density at radius 1 is 1.12 bits per heavy atom. The van der Waals surface area contributed by atoms with Crippen LogP contribution in [0.2, 0.25) is 0 Å². The van der Waals surface area contributed by atoms with Crippen LogP contribution in [0, 0.1) is 6.92 Å². The maximum absolute atomic E-state index is 13.7. The molecule has 0 bridgehead atoms. The van der Waals surface area contributed by atoms with Crippen LogP contribution >= 0.6 is 7.44 Å². The van der Waals surface area contributed by atoms with Gasteiger partial charge in [-0.25, -0.2) is 4.67 Å². The standard InChI is InChI=1S/C18H23N2O3P/c1-15-9-11-16(12-10-15)19-24(22,17-7-5-4-6-8-17)20(2)14-13-18(21)23-3/h4-12H,13-14H2,1-3H3,(H,19,22). The van der Waals surface area contributed by atoms with E-state index in [1.807, 2.05) is 61.5 Å². The minimum absolute atomic E-state index is 0.180. The molecule has 6 heteroatoms. The molecular formula is C18H23N2O3P. The van der Waals surface area contributed by atoms with Gasteiger partial charge in [0, 0.05) is 17.5 Å². The Hall–Kier alpha value is -2.10. The maximum Gasteiger partial charge on any atom is 0.306 e. The summed E-state index contributed by atoms with van der Waals surface area (Å²) in [7, 11) is 0.00787. The average molecular weight is 346 g/mol. The lowest BCUT2D eigenvalue weighted by Gasteiger charge is -2.29. The van der Waals surface area contributed by atoms with Gasteiger partial charge in [-0.15, -0.1) is 0 Å². The molecular weight excluding hydrogens is 323 g/mol. The fourth-order valence-electron chi connectivity index (χ4n) is 2.28.